The highest BCUT2D eigenvalue weighted by Gasteiger charge is 2.20. The average molecular weight is 230 g/mol. The lowest BCUT2D eigenvalue weighted by Crippen LogP contribution is -2.25. The molecule has 0 spiro atoms. The summed E-state index contributed by atoms with van der Waals surface area (Å²) >= 11 is 0. The second-order valence-electron chi connectivity index (χ2n) is 4.49. The Bertz CT molecular complexity index is 549. The smallest absolute Gasteiger partial charge is 0.224 e. The fraction of sp³-hybridized carbons (Fsp3) is 0.333. The van der Waals surface area contributed by atoms with Crippen LogP contribution in [0, 0.1) is 5.92 Å². The van der Waals surface area contributed by atoms with Crippen LogP contribution in [0.25, 0.3) is 11.4 Å². The third-order valence-electron chi connectivity index (χ3n) is 2.96. The van der Waals surface area contributed by atoms with Crippen LogP contribution < -0.4 is 5.32 Å². The minimum atomic E-state index is 0.247. The van der Waals surface area contributed by atoms with E-state index >= 15 is 0 Å². The summed E-state index contributed by atoms with van der Waals surface area (Å²) in [6, 6.07) is 7.09. The van der Waals surface area contributed by atoms with E-state index in [-0.39, 0.29) is 5.75 Å². The third kappa shape index (κ3) is 1.73. The van der Waals surface area contributed by atoms with Crippen molar-refractivity contribution in [2.75, 3.05) is 11.9 Å². The van der Waals surface area contributed by atoms with Gasteiger partial charge in [-0.1, -0.05) is 19.1 Å². The van der Waals surface area contributed by atoms with Gasteiger partial charge in [0.2, 0.25) is 5.95 Å². The second kappa shape index (κ2) is 3.76. The zero-order valence-corrected chi connectivity index (χ0v) is 9.59. The molecule has 2 heterocycles. The average Bonchev–Trinajstić information content (AvgIpc) is 2.71. The van der Waals surface area contributed by atoms with Crippen molar-refractivity contribution in [1.29, 1.82) is 0 Å². The molecule has 1 atom stereocenters. The number of hydrogen-bond acceptors (Lipinski definition) is 4. The third-order valence-corrected chi connectivity index (χ3v) is 2.96. The van der Waals surface area contributed by atoms with E-state index in [1.807, 2.05) is 12.1 Å². The molecule has 88 valence electrons. The topological polar surface area (TPSA) is 63.0 Å². The number of fused-ring (bicyclic) bond motifs is 1. The summed E-state index contributed by atoms with van der Waals surface area (Å²) in [5, 5.41) is 21.0. The largest absolute Gasteiger partial charge is 0.508 e. The Morgan fingerprint density at radius 1 is 1.41 bits per heavy atom. The minimum Gasteiger partial charge on any atom is -0.508 e. The van der Waals surface area contributed by atoms with Crippen LogP contribution in [0.2, 0.25) is 0 Å². The van der Waals surface area contributed by atoms with Crippen molar-refractivity contribution in [2.45, 2.75) is 13.5 Å². The molecule has 2 N–H and O–H groups in total. The van der Waals surface area contributed by atoms with Crippen molar-refractivity contribution in [2.24, 2.45) is 5.92 Å². The molecule has 0 fully saturated rings. The molecular formula is C12H14N4O. The van der Waals surface area contributed by atoms with Crippen LogP contribution in [0.3, 0.4) is 0 Å². The number of phenols is 1. The lowest BCUT2D eigenvalue weighted by atomic mass is 10.1. The van der Waals surface area contributed by atoms with E-state index in [2.05, 4.69) is 27.0 Å². The molecule has 0 aliphatic carbocycles. The van der Waals surface area contributed by atoms with Gasteiger partial charge in [0.05, 0.1) is 0 Å². The van der Waals surface area contributed by atoms with Crippen LogP contribution in [-0.2, 0) is 6.54 Å². The standard InChI is InChI=1S/C12H14N4O/c1-8-6-13-12-15-14-11(16(12)7-8)9-3-2-4-10(17)5-9/h2-5,8,17H,6-7H2,1H3,(H,13,15). The van der Waals surface area contributed by atoms with Gasteiger partial charge in [0.1, 0.15) is 5.75 Å². The first-order valence-electron chi connectivity index (χ1n) is 5.70. The van der Waals surface area contributed by atoms with E-state index in [0.29, 0.717) is 5.92 Å². The van der Waals surface area contributed by atoms with Gasteiger partial charge in [-0.25, -0.2) is 0 Å². The second-order valence-corrected chi connectivity index (χ2v) is 4.49. The van der Waals surface area contributed by atoms with Gasteiger partial charge < -0.3 is 10.4 Å². The highest BCUT2D eigenvalue weighted by atomic mass is 16.3. The van der Waals surface area contributed by atoms with Gasteiger partial charge in [-0.15, -0.1) is 10.2 Å². The molecule has 3 rings (SSSR count). The van der Waals surface area contributed by atoms with Gasteiger partial charge >= 0.3 is 0 Å². The highest BCUT2D eigenvalue weighted by Crippen LogP contribution is 2.26. The van der Waals surface area contributed by atoms with Gasteiger partial charge in [0.25, 0.3) is 0 Å². The van der Waals surface area contributed by atoms with E-state index in [1.165, 1.54) is 0 Å². The molecule has 5 heteroatoms. The molecule has 2 aromatic rings. The molecule has 1 aromatic heterocycles. The van der Waals surface area contributed by atoms with Gasteiger partial charge in [-0.3, -0.25) is 4.57 Å². The van der Waals surface area contributed by atoms with Crippen molar-refractivity contribution in [3.63, 3.8) is 0 Å². The molecule has 17 heavy (non-hydrogen) atoms. The lowest BCUT2D eigenvalue weighted by molar-refractivity contribution is 0.474. The minimum absolute atomic E-state index is 0.247. The molecule has 1 aliphatic heterocycles. The zero-order chi connectivity index (χ0) is 11.8. The molecule has 1 unspecified atom stereocenters. The van der Waals surface area contributed by atoms with E-state index < -0.39 is 0 Å². The van der Waals surface area contributed by atoms with E-state index in [4.69, 9.17) is 0 Å². The Balaban J connectivity index is 2.07. The first-order chi connectivity index (χ1) is 8.24. The monoisotopic (exact) mass is 230 g/mol. The molecule has 0 amide bonds. The Morgan fingerprint density at radius 2 is 2.29 bits per heavy atom. The molecule has 1 aliphatic rings. The maximum atomic E-state index is 9.49. The Morgan fingerprint density at radius 3 is 3.12 bits per heavy atom. The molecule has 0 saturated heterocycles. The van der Waals surface area contributed by atoms with Crippen molar-refractivity contribution in [1.82, 2.24) is 14.8 Å². The maximum Gasteiger partial charge on any atom is 0.224 e. The predicted octanol–water partition coefficient (Wildman–Crippen LogP) is 1.71. The van der Waals surface area contributed by atoms with Crippen LogP contribution in [0.1, 0.15) is 6.92 Å². The number of benzene rings is 1. The summed E-state index contributed by atoms with van der Waals surface area (Å²) in [7, 11) is 0. The van der Waals surface area contributed by atoms with Crippen LogP contribution >= 0.6 is 0 Å². The fourth-order valence-electron chi connectivity index (χ4n) is 2.11. The number of nitrogens with one attached hydrogen (secondary N) is 1. The number of aromatic hydroxyl groups is 1. The summed E-state index contributed by atoms with van der Waals surface area (Å²) in [6.45, 7) is 4.01. The van der Waals surface area contributed by atoms with Crippen molar-refractivity contribution in [3.05, 3.63) is 24.3 Å². The predicted molar refractivity (Wildman–Crippen MR) is 64.8 cm³/mol. The number of rotatable bonds is 1. The van der Waals surface area contributed by atoms with Gasteiger partial charge in [-0.2, -0.15) is 0 Å². The first kappa shape index (κ1) is 10.1. The van der Waals surface area contributed by atoms with Crippen LogP contribution in [0.5, 0.6) is 5.75 Å². The van der Waals surface area contributed by atoms with Gasteiger partial charge in [0.15, 0.2) is 5.82 Å². The normalized spacial score (nSPS) is 18.5. The van der Waals surface area contributed by atoms with Gasteiger partial charge in [0, 0.05) is 18.7 Å². The highest BCUT2D eigenvalue weighted by molar-refractivity contribution is 5.59. The summed E-state index contributed by atoms with van der Waals surface area (Å²) in [4.78, 5) is 0. The Labute approximate surface area is 99.1 Å². The van der Waals surface area contributed by atoms with Crippen molar-refractivity contribution >= 4 is 5.95 Å². The summed E-state index contributed by atoms with van der Waals surface area (Å²) in [5.74, 6) is 2.41. The molecule has 0 saturated carbocycles. The first-order valence-corrected chi connectivity index (χ1v) is 5.70. The van der Waals surface area contributed by atoms with Crippen molar-refractivity contribution in [3.8, 4) is 17.1 Å². The molecule has 0 radical (unpaired) electrons. The summed E-state index contributed by atoms with van der Waals surface area (Å²) in [6.07, 6.45) is 0. The van der Waals surface area contributed by atoms with Crippen molar-refractivity contribution < 1.29 is 5.11 Å². The Kier molecular flexibility index (Phi) is 2.24. The number of phenolic OH excluding ortho intramolecular Hbond substituents is 1. The Hall–Kier alpha value is -2.04. The number of hydrogen-bond donors (Lipinski definition) is 2. The summed E-state index contributed by atoms with van der Waals surface area (Å²) < 4.78 is 2.06. The van der Waals surface area contributed by atoms with E-state index in [1.54, 1.807) is 12.1 Å². The van der Waals surface area contributed by atoms with E-state index in [9.17, 15) is 5.11 Å². The molecule has 1 aromatic carbocycles. The van der Waals surface area contributed by atoms with Crippen LogP contribution in [0.4, 0.5) is 5.95 Å². The molecular weight excluding hydrogens is 216 g/mol. The molecule has 0 bridgehead atoms. The van der Waals surface area contributed by atoms with Gasteiger partial charge in [-0.05, 0) is 18.1 Å². The maximum absolute atomic E-state index is 9.49. The summed E-state index contributed by atoms with van der Waals surface area (Å²) in [5.41, 5.74) is 0.889. The fourth-order valence-corrected chi connectivity index (χ4v) is 2.11. The SMILES string of the molecule is CC1CNc2nnc(-c3cccc(O)c3)n2C1. The van der Waals surface area contributed by atoms with E-state index in [0.717, 1.165) is 30.4 Å². The van der Waals surface area contributed by atoms with Crippen LogP contribution in [-0.4, -0.2) is 26.4 Å². The van der Waals surface area contributed by atoms with Crippen LogP contribution in [0.15, 0.2) is 24.3 Å². The quantitative estimate of drug-likeness (QED) is 0.783. The molecule has 5 nitrogen and oxygen atoms in total. The zero-order valence-electron chi connectivity index (χ0n) is 9.59. The lowest BCUT2D eigenvalue weighted by Gasteiger charge is -2.22. The number of anilines is 1. The number of nitrogens with zero attached hydrogens (tertiary/aromatic N) is 3. The number of aromatic nitrogens is 3.